The topological polar surface area (TPSA) is 50.5 Å². The summed E-state index contributed by atoms with van der Waals surface area (Å²) in [5.41, 5.74) is 2.02. The molecule has 0 amide bonds. The Labute approximate surface area is 106 Å². The number of hydrogen-bond donors (Lipinski definition) is 0. The van der Waals surface area contributed by atoms with Gasteiger partial charge in [0.15, 0.2) is 0 Å². The zero-order valence-corrected chi connectivity index (χ0v) is 9.98. The molecular formula is C14H14N4. The highest BCUT2D eigenvalue weighted by atomic mass is 14.8. The average Bonchev–Trinajstić information content (AvgIpc) is 2.45. The molecule has 0 bridgehead atoms. The Bertz CT molecular complexity index is 456. The van der Waals surface area contributed by atoms with Crippen LogP contribution in [0, 0.1) is 0 Å². The van der Waals surface area contributed by atoms with Crippen LogP contribution in [0.2, 0.25) is 0 Å². The molecule has 0 aliphatic rings. The van der Waals surface area contributed by atoms with E-state index in [9.17, 15) is 0 Å². The summed E-state index contributed by atoms with van der Waals surface area (Å²) in [6.07, 6.45) is 10.7. The Morgan fingerprint density at radius 3 is 1.72 bits per heavy atom. The molecule has 4 nitrogen and oxygen atoms in total. The van der Waals surface area contributed by atoms with Crippen molar-refractivity contribution in [3.8, 4) is 0 Å². The summed E-state index contributed by atoms with van der Waals surface area (Å²) in [7, 11) is 0. The molecule has 0 saturated heterocycles. The van der Waals surface area contributed by atoms with E-state index in [1.165, 1.54) is 0 Å². The number of nitrogens with zero attached hydrogens (tertiary/aromatic N) is 4. The maximum Gasteiger partial charge on any atom is 0.0585 e. The standard InChI is InChI=1S/C14H14N4/c1-3-13(9-15-5-1)11-17-7-8-18-12-14-4-2-6-16-10-14/h1-6,9-12H,7-8H2. The third-order valence-electron chi connectivity index (χ3n) is 2.21. The summed E-state index contributed by atoms with van der Waals surface area (Å²) < 4.78 is 0. The molecule has 2 rings (SSSR count). The van der Waals surface area contributed by atoms with Crippen molar-refractivity contribution in [3.05, 3.63) is 60.2 Å². The Kier molecular flexibility index (Phi) is 4.75. The fraction of sp³-hybridized carbons (Fsp3) is 0.143. The number of aromatic nitrogens is 2. The van der Waals surface area contributed by atoms with E-state index in [4.69, 9.17) is 0 Å². The number of aliphatic imine (C=N–C) groups is 2. The van der Waals surface area contributed by atoms with E-state index < -0.39 is 0 Å². The maximum absolute atomic E-state index is 4.28. The fourth-order valence-electron chi connectivity index (χ4n) is 1.36. The Balaban J connectivity index is 1.73. The van der Waals surface area contributed by atoms with Crippen LogP contribution in [0.3, 0.4) is 0 Å². The second-order valence-corrected chi connectivity index (χ2v) is 3.64. The minimum absolute atomic E-state index is 0.672. The van der Waals surface area contributed by atoms with Gasteiger partial charge in [-0.2, -0.15) is 0 Å². The third-order valence-corrected chi connectivity index (χ3v) is 2.21. The molecule has 0 unspecified atom stereocenters. The van der Waals surface area contributed by atoms with Gasteiger partial charge in [-0.1, -0.05) is 12.1 Å². The van der Waals surface area contributed by atoms with Crippen molar-refractivity contribution >= 4 is 12.4 Å². The van der Waals surface area contributed by atoms with E-state index in [0.29, 0.717) is 13.1 Å². The van der Waals surface area contributed by atoms with Crippen LogP contribution in [-0.4, -0.2) is 35.5 Å². The van der Waals surface area contributed by atoms with E-state index in [1.54, 1.807) is 24.8 Å². The second-order valence-electron chi connectivity index (χ2n) is 3.64. The summed E-state index contributed by atoms with van der Waals surface area (Å²) in [6, 6.07) is 7.72. The van der Waals surface area contributed by atoms with Gasteiger partial charge in [0.2, 0.25) is 0 Å². The van der Waals surface area contributed by atoms with Gasteiger partial charge in [0.1, 0.15) is 0 Å². The summed E-state index contributed by atoms with van der Waals surface area (Å²) in [4.78, 5) is 16.6. The Hall–Kier alpha value is -2.36. The molecule has 0 atom stereocenters. The lowest BCUT2D eigenvalue weighted by atomic mass is 10.3. The van der Waals surface area contributed by atoms with Crippen molar-refractivity contribution in [1.82, 2.24) is 9.97 Å². The molecular weight excluding hydrogens is 224 g/mol. The predicted molar refractivity (Wildman–Crippen MR) is 73.4 cm³/mol. The highest BCUT2D eigenvalue weighted by Crippen LogP contribution is 1.92. The Morgan fingerprint density at radius 2 is 1.33 bits per heavy atom. The third kappa shape index (κ3) is 4.25. The van der Waals surface area contributed by atoms with Crippen molar-refractivity contribution in [2.45, 2.75) is 0 Å². The molecule has 0 aliphatic heterocycles. The molecule has 0 N–H and O–H groups in total. The monoisotopic (exact) mass is 238 g/mol. The molecule has 0 fully saturated rings. The molecule has 0 aromatic carbocycles. The average molecular weight is 238 g/mol. The number of pyridine rings is 2. The van der Waals surface area contributed by atoms with Crippen molar-refractivity contribution < 1.29 is 0 Å². The molecule has 18 heavy (non-hydrogen) atoms. The van der Waals surface area contributed by atoms with Gasteiger partial charge in [-0.15, -0.1) is 0 Å². The molecule has 0 aliphatic carbocycles. The number of hydrogen-bond acceptors (Lipinski definition) is 4. The highest BCUT2D eigenvalue weighted by Gasteiger charge is 1.85. The first-order chi connectivity index (χ1) is 8.95. The van der Waals surface area contributed by atoms with Gasteiger partial charge in [-0.3, -0.25) is 20.0 Å². The van der Waals surface area contributed by atoms with E-state index in [1.807, 2.05) is 36.7 Å². The molecule has 2 aromatic rings. The highest BCUT2D eigenvalue weighted by molar-refractivity contribution is 5.79. The second kappa shape index (κ2) is 7.06. The van der Waals surface area contributed by atoms with Crippen LogP contribution in [0.4, 0.5) is 0 Å². The van der Waals surface area contributed by atoms with Crippen LogP contribution in [-0.2, 0) is 0 Å². The first-order valence-corrected chi connectivity index (χ1v) is 5.75. The summed E-state index contributed by atoms with van der Waals surface area (Å²) in [5.74, 6) is 0. The SMILES string of the molecule is C(=NCCN=Cc1cccnc1)c1cccnc1. The first-order valence-electron chi connectivity index (χ1n) is 5.75. The zero-order valence-electron chi connectivity index (χ0n) is 9.98. The largest absolute Gasteiger partial charge is 0.291 e. The van der Waals surface area contributed by atoms with Crippen LogP contribution in [0.5, 0.6) is 0 Å². The lowest BCUT2D eigenvalue weighted by Gasteiger charge is -1.92. The van der Waals surface area contributed by atoms with Crippen molar-refractivity contribution in [3.63, 3.8) is 0 Å². The van der Waals surface area contributed by atoms with Gasteiger partial charge < -0.3 is 0 Å². The molecule has 0 radical (unpaired) electrons. The molecule has 90 valence electrons. The number of rotatable bonds is 5. The Morgan fingerprint density at radius 1 is 0.833 bits per heavy atom. The summed E-state index contributed by atoms with van der Waals surface area (Å²) in [5, 5.41) is 0. The summed E-state index contributed by atoms with van der Waals surface area (Å²) in [6.45, 7) is 1.34. The van der Waals surface area contributed by atoms with Gasteiger partial charge in [0, 0.05) is 48.3 Å². The van der Waals surface area contributed by atoms with Crippen LogP contribution >= 0.6 is 0 Å². The van der Waals surface area contributed by atoms with Gasteiger partial charge in [0.05, 0.1) is 13.1 Å². The first kappa shape index (κ1) is 12.1. The molecule has 0 saturated carbocycles. The summed E-state index contributed by atoms with van der Waals surface area (Å²) >= 11 is 0. The lowest BCUT2D eigenvalue weighted by molar-refractivity contribution is 0.984. The normalized spacial score (nSPS) is 11.3. The van der Waals surface area contributed by atoms with Gasteiger partial charge in [-0.05, 0) is 12.1 Å². The van der Waals surface area contributed by atoms with Crippen molar-refractivity contribution in [1.29, 1.82) is 0 Å². The molecule has 2 heterocycles. The van der Waals surface area contributed by atoms with Crippen LogP contribution in [0.15, 0.2) is 59.0 Å². The van der Waals surface area contributed by atoms with Gasteiger partial charge in [0.25, 0.3) is 0 Å². The van der Waals surface area contributed by atoms with Crippen molar-refractivity contribution in [2.24, 2.45) is 9.98 Å². The molecule has 2 aromatic heterocycles. The predicted octanol–water partition coefficient (Wildman–Crippen LogP) is 2.01. The molecule has 0 spiro atoms. The minimum Gasteiger partial charge on any atom is -0.291 e. The quantitative estimate of drug-likeness (QED) is 0.591. The van der Waals surface area contributed by atoms with Crippen LogP contribution < -0.4 is 0 Å². The smallest absolute Gasteiger partial charge is 0.0585 e. The fourth-order valence-corrected chi connectivity index (χ4v) is 1.36. The van der Waals surface area contributed by atoms with Crippen LogP contribution in [0.25, 0.3) is 0 Å². The van der Waals surface area contributed by atoms with E-state index in [-0.39, 0.29) is 0 Å². The minimum atomic E-state index is 0.672. The lowest BCUT2D eigenvalue weighted by Crippen LogP contribution is -1.90. The zero-order chi connectivity index (χ0) is 12.5. The molecule has 4 heteroatoms. The van der Waals surface area contributed by atoms with Crippen molar-refractivity contribution in [2.75, 3.05) is 13.1 Å². The van der Waals surface area contributed by atoms with E-state index in [2.05, 4.69) is 20.0 Å². The van der Waals surface area contributed by atoms with Gasteiger partial charge in [-0.25, -0.2) is 0 Å². The van der Waals surface area contributed by atoms with Crippen LogP contribution in [0.1, 0.15) is 11.1 Å². The van der Waals surface area contributed by atoms with E-state index >= 15 is 0 Å². The maximum atomic E-state index is 4.28. The van der Waals surface area contributed by atoms with E-state index in [0.717, 1.165) is 11.1 Å². The van der Waals surface area contributed by atoms with Gasteiger partial charge >= 0.3 is 0 Å².